The molecule has 2 fully saturated rings. The van der Waals surface area contributed by atoms with E-state index < -0.39 is 59.8 Å². The molecule has 3 rings (SSSR count). The second-order valence-electron chi connectivity index (χ2n) is 12.3. The summed E-state index contributed by atoms with van der Waals surface area (Å²) in [4.78, 5) is 81.4. The van der Waals surface area contributed by atoms with Crippen molar-refractivity contribution in [1.29, 1.82) is 0 Å². The number of benzene rings is 1. The average Bonchev–Trinajstić information content (AvgIpc) is 3.72. The van der Waals surface area contributed by atoms with Gasteiger partial charge in [-0.1, -0.05) is 64.4 Å². The van der Waals surface area contributed by atoms with Gasteiger partial charge in [-0.05, 0) is 43.1 Å². The lowest BCUT2D eigenvalue weighted by Gasteiger charge is -2.32. The summed E-state index contributed by atoms with van der Waals surface area (Å²) >= 11 is 0. The molecule has 1 aromatic rings. The summed E-state index contributed by atoms with van der Waals surface area (Å²) in [6.45, 7) is 7.50. The van der Waals surface area contributed by atoms with Crippen LogP contribution in [0, 0.1) is 11.8 Å². The van der Waals surface area contributed by atoms with Crippen molar-refractivity contribution in [3.05, 3.63) is 35.9 Å². The molecule has 0 saturated carbocycles. The zero-order valence-corrected chi connectivity index (χ0v) is 26.7. The van der Waals surface area contributed by atoms with Crippen molar-refractivity contribution >= 4 is 35.5 Å². The van der Waals surface area contributed by atoms with Crippen LogP contribution < -0.4 is 21.7 Å². The Labute approximate surface area is 264 Å². The van der Waals surface area contributed by atoms with Crippen molar-refractivity contribution < 1.29 is 33.9 Å². The van der Waals surface area contributed by atoms with Crippen LogP contribution in [0.5, 0.6) is 0 Å². The fourth-order valence-corrected chi connectivity index (χ4v) is 5.98. The molecule has 2 heterocycles. The van der Waals surface area contributed by atoms with Crippen LogP contribution in [0.2, 0.25) is 0 Å². The lowest BCUT2D eigenvalue weighted by molar-refractivity contribution is -0.145. The molecule has 0 radical (unpaired) electrons. The SMILES string of the molecule is CCC(C)C(NC(=O)[C@@H]1CCCN1C(=O)C(Cc1ccccc1)NC(=O)[C@@H]1CCCN1C(=O)CN)C(=O)NC(C(=O)O)C(C)C. The Morgan fingerprint density at radius 3 is 2.00 bits per heavy atom. The van der Waals surface area contributed by atoms with Gasteiger partial charge in [0.05, 0.1) is 6.54 Å². The van der Waals surface area contributed by atoms with E-state index in [4.69, 9.17) is 5.73 Å². The highest BCUT2D eigenvalue weighted by Crippen LogP contribution is 2.22. The lowest BCUT2D eigenvalue weighted by atomic mass is 9.96. The van der Waals surface area contributed by atoms with E-state index in [0.717, 1.165) is 5.56 Å². The van der Waals surface area contributed by atoms with Gasteiger partial charge < -0.3 is 36.6 Å². The van der Waals surface area contributed by atoms with Crippen LogP contribution in [0.25, 0.3) is 0 Å². The van der Waals surface area contributed by atoms with Crippen LogP contribution in [0.1, 0.15) is 65.4 Å². The molecule has 248 valence electrons. The monoisotopic (exact) mass is 628 g/mol. The van der Waals surface area contributed by atoms with Crippen LogP contribution >= 0.6 is 0 Å². The number of carbonyl (C=O) groups excluding carboxylic acids is 5. The molecule has 0 aliphatic carbocycles. The Hall–Kier alpha value is -4.00. The molecule has 6 N–H and O–H groups in total. The highest BCUT2D eigenvalue weighted by atomic mass is 16.4. The fraction of sp³-hybridized carbons (Fsp3) is 0.625. The van der Waals surface area contributed by atoms with E-state index in [2.05, 4.69) is 16.0 Å². The molecule has 4 unspecified atom stereocenters. The van der Waals surface area contributed by atoms with E-state index in [1.807, 2.05) is 37.3 Å². The number of rotatable bonds is 14. The molecule has 1 aromatic carbocycles. The first-order chi connectivity index (χ1) is 21.4. The highest BCUT2D eigenvalue weighted by molar-refractivity contribution is 5.96. The topological polar surface area (TPSA) is 191 Å². The standard InChI is InChI=1S/C32H48N6O7/c1-5-20(4)27(30(42)35-26(19(2)3)32(44)45)36-29(41)24-14-10-16-38(24)31(43)22(17-21-11-7-6-8-12-21)34-28(40)23-13-9-15-37(23)25(39)18-33/h6-8,11-12,19-20,22-24,26-27H,5,9-10,13-18,33H2,1-4H3,(H,34,40)(H,35,42)(H,36,41)(H,44,45)/t20?,22?,23-,24-,26?,27?/m0/s1. The summed E-state index contributed by atoms with van der Waals surface area (Å²) in [5, 5.41) is 17.8. The third-order valence-electron chi connectivity index (χ3n) is 8.81. The number of likely N-dealkylation sites (tertiary alicyclic amines) is 2. The quantitative estimate of drug-likeness (QED) is 0.196. The van der Waals surface area contributed by atoms with Crippen molar-refractivity contribution in [3.8, 4) is 0 Å². The van der Waals surface area contributed by atoms with E-state index in [9.17, 15) is 33.9 Å². The molecule has 45 heavy (non-hydrogen) atoms. The van der Waals surface area contributed by atoms with Gasteiger partial charge in [0, 0.05) is 19.5 Å². The van der Waals surface area contributed by atoms with Gasteiger partial charge in [0.1, 0.15) is 30.2 Å². The molecular formula is C32H48N6O7. The average molecular weight is 629 g/mol. The van der Waals surface area contributed by atoms with Crippen LogP contribution in [-0.4, -0.2) is 100 Å². The fourth-order valence-electron chi connectivity index (χ4n) is 5.98. The summed E-state index contributed by atoms with van der Waals surface area (Å²) in [6.07, 6.45) is 2.73. The molecule has 2 saturated heterocycles. The molecule has 6 atom stereocenters. The van der Waals surface area contributed by atoms with Gasteiger partial charge in [0.25, 0.3) is 0 Å². The molecule has 13 nitrogen and oxygen atoms in total. The molecule has 0 bridgehead atoms. The summed E-state index contributed by atoms with van der Waals surface area (Å²) in [5.41, 5.74) is 6.36. The number of carbonyl (C=O) groups is 6. The third-order valence-corrected chi connectivity index (χ3v) is 8.81. The predicted octanol–water partition coefficient (Wildman–Crippen LogP) is 0.411. The largest absolute Gasteiger partial charge is 0.480 e. The molecule has 0 spiro atoms. The maximum absolute atomic E-state index is 14.1. The van der Waals surface area contributed by atoms with Crippen molar-refractivity contribution in [1.82, 2.24) is 25.8 Å². The Kier molecular flexibility index (Phi) is 12.9. The molecule has 13 heteroatoms. The van der Waals surface area contributed by atoms with Gasteiger partial charge in [0.15, 0.2) is 0 Å². The summed E-state index contributed by atoms with van der Waals surface area (Å²) in [6, 6.07) is 4.45. The number of amides is 5. The van der Waals surface area contributed by atoms with Gasteiger partial charge >= 0.3 is 5.97 Å². The van der Waals surface area contributed by atoms with E-state index in [0.29, 0.717) is 38.6 Å². The number of nitrogens with two attached hydrogens (primary N) is 1. The summed E-state index contributed by atoms with van der Waals surface area (Å²) in [7, 11) is 0. The number of carboxylic acids is 1. The van der Waals surface area contributed by atoms with E-state index in [1.54, 1.807) is 20.8 Å². The number of carboxylic acid groups (broad SMARTS) is 1. The van der Waals surface area contributed by atoms with Crippen LogP contribution in [-0.2, 0) is 35.2 Å². The molecule has 2 aliphatic heterocycles. The van der Waals surface area contributed by atoms with Gasteiger partial charge in [-0.15, -0.1) is 0 Å². The van der Waals surface area contributed by atoms with Gasteiger partial charge in [0.2, 0.25) is 29.5 Å². The molecule has 0 aromatic heterocycles. The van der Waals surface area contributed by atoms with E-state index in [1.165, 1.54) is 9.80 Å². The number of hydrogen-bond acceptors (Lipinski definition) is 7. The Balaban J connectivity index is 1.81. The summed E-state index contributed by atoms with van der Waals surface area (Å²) < 4.78 is 0. The van der Waals surface area contributed by atoms with Crippen molar-refractivity contribution in [3.63, 3.8) is 0 Å². The first kappa shape index (κ1) is 35.5. The van der Waals surface area contributed by atoms with E-state index in [-0.39, 0.29) is 37.3 Å². The maximum atomic E-state index is 14.1. The van der Waals surface area contributed by atoms with Gasteiger partial charge in [-0.25, -0.2) is 4.79 Å². The molecule has 2 aliphatic rings. The normalized spacial score (nSPS) is 20.7. The number of nitrogens with one attached hydrogen (secondary N) is 3. The van der Waals surface area contributed by atoms with Crippen LogP contribution in [0.15, 0.2) is 30.3 Å². The first-order valence-corrected chi connectivity index (χ1v) is 15.9. The third kappa shape index (κ3) is 9.03. The molecule has 5 amide bonds. The maximum Gasteiger partial charge on any atom is 0.326 e. The van der Waals surface area contributed by atoms with Crippen molar-refractivity contribution in [2.45, 2.75) is 96.4 Å². The minimum atomic E-state index is -1.17. The smallest absolute Gasteiger partial charge is 0.326 e. The number of hydrogen-bond donors (Lipinski definition) is 5. The minimum absolute atomic E-state index is 0.178. The summed E-state index contributed by atoms with van der Waals surface area (Å²) in [5.74, 6) is -4.18. The van der Waals surface area contributed by atoms with Crippen molar-refractivity contribution in [2.24, 2.45) is 17.6 Å². The number of aliphatic carboxylic acids is 1. The predicted molar refractivity (Wildman–Crippen MR) is 166 cm³/mol. The van der Waals surface area contributed by atoms with Gasteiger partial charge in [-0.2, -0.15) is 0 Å². The van der Waals surface area contributed by atoms with Crippen LogP contribution in [0.3, 0.4) is 0 Å². The zero-order chi connectivity index (χ0) is 33.3. The first-order valence-electron chi connectivity index (χ1n) is 15.9. The second kappa shape index (κ2) is 16.4. The van der Waals surface area contributed by atoms with Crippen molar-refractivity contribution in [2.75, 3.05) is 19.6 Å². The second-order valence-corrected chi connectivity index (χ2v) is 12.3. The minimum Gasteiger partial charge on any atom is -0.480 e. The van der Waals surface area contributed by atoms with E-state index >= 15 is 0 Å². The Morgan fingerprint density at radius 1 is 0.867 bits per heavy atom. The number of nitrogens with zero attached hydrogens (tertiary/aromatic N) is 2. The lowest BCUT2D eigenvalue weighted by Crippen LogP contribution is -2.60. The zero-order valence-electron chi connectivity index (χ0n) is 26.7. The van der Waals surface area contributed by atoms with Gasteiger partial charge in [-0.3, -0.25) is 24.0 Å². The highest BCUT2D eigenvalue weighted by Gasteiger charge is 2.41. The van der Waals surface area contributed by atoms with Crippen LogP contribution in [0.4, 0.5) is 0 Å². The molecular weight excluding hydrogens is 580 g/mol. The Bertz CT molecular complexity index is 1230. The Morgan fingerprint density at radius 2 is 1.44 bits per heavy atom.